The van der Waals surface area contributed by atoms with Crippen molar-refractivity contribution in [3.05, 3.63) is 12.2 Å². The molecule has 1 fully saturated rings. The van der Waals surface area contributed by atoms with Crippen LogP contribution in [0.5, 0.6) is 0 Å². The average molecular weight is 271 g/mol. The predicted octanol–water partition coefficient (Wildman–Crippen LogP) is 1.35. The molecule has 0 aromatic heterocycles. The first-order valence-electron chi connectivity index (χ1n) is 6.17. The lowest BCUT2D eigenvalue weighted by Crippen LogP contribution is -2.46. The number of ether oxygens (including phenoxy) is 3. The van der Waals surface area contributed by atoms with Crippen molar-refractivity contribution in [1.82, 2.24) is 4.90 Å². The third-order valence-corrected chi connectivity index (χ3v) is 2.39. The number of amides is 1. The predicted molar refractivity (Wildman–Crippen MR) is 68.7 cm³/mol. The Morgan fingerprint density at radius 2 is 2.05 bits per heavy atom. The van der Waals surface area contributed by atoms with Gasteiger partial charge < -0.3 is 19.1 Å². The molecule has 1 aliphatic rings. The van der Waals surface area contributed by atoms with Crippen LogP contribution in [-0.2, 0) is 19.0 Å². The van der Waals surface area contributed by atoms with Crippen molar-refractivity contribution in [2.24, 2.45) is 0 Å². The van der Waals surface area contributed by atoms with Gasteiger partial charge in [-0.25, -0.2) is 9.59 Å². The molecule has 6 nitrogen and oxygen atoms in total. The van der Waals surface area contributed by atoms with E-state index < -0.39 is 11.6 Å². The summed E-state index contributed by atoms with van der Waals surface area (Å²) in [5.41, 5.74) is -0.521. The van der Waals surface area contributed by atoms with Gasteiger partial charge in [-0.3, -0.25) is 0 Å². The minimum atomic E-state index is -0.521. The molecule has 0 saturated carbocycles. The van der Waals surface area contributed by atoms with Gasteiger partial charge in [-0.1, -0.05) is 0 Å². The summed E-state index contributed by atoms with van der Waals surface area (Å²) in [6, 6.07) is 0. The summed E-state index contributed by atoms with van der Waals surface area (Å²) in [5, 5.41) is 0. The SMILES string of the molecule is COC(=O)C=CC1CN(C(=O)OC(C)(C)C)CCO1. The van der Waals surface area contributed by atoms with Gasteiger partial charge in [0.25, 0.3) is 0 Å². The van der Waals surface area contributed by atoms with E-state index in [1.165, 1.54) is 13.2 Å². The highest BCUT2D eigenvalue weighted by Crippen LogP contribution is 2.13. The number of rotatable bonds is 2. The highest BCUT2D eigenvalue weighted by Gasteiger charge is 2.27. The summed E-state index contributed by atoms with van der Waals surface area (Å²) in [4.78, 5) is 24.4. The third kappa shape index (κ3) is 5.74. The summed E-state index contributed by atoms with van der Waals surface area (Å²) >= 11 is 0. The molecular weight excluding hydrogens is 250 g/mol. The van der Waals surface area contributed by atoms with Crippen LogP contribution >= 0.6 is 0 Å². The average Bonchev–Trinajstić information content (AvgIpc) is 2.34. The monoisotopic (exact) mass is 271 g/mol. The van der Waals surface area contributed by atoms with Gasteiger partial charge >= 0.3 is 12.1 Å². The fourth-order valence-corrected chi connectivity index (χ4v) is 1.54. The quantitative estimate of drug-likeness (QED) is 0.560. The molecule has 108 valence electrons. The number of carbonyl (C=O) groups excluding carboxylic acids is 2. The van der Waals surface area contributed by atoms with Gasteiger partial charge in [-0.15, -0.1) is 0 Å². The summed E-state index contributed by atoms with van der Waals surface area (Å²) in [7, 11) is 1.31. The van der Waals surface area contributed by atoms with Crippen LogP contribution in [0.25, 0.3) is 0 Å². The fourth-order valence-electron chi connectivity index (χ4n) is 1.54. The molecule has 1 rings (SSSR count). The van der Waals surface area contributed by atoms with Crippen LogP contribution in [0.15, 0.2) is 12.2 Å². The van der Waals surface area contributed by atoms with Crippen molar-refractivity contribution >= 4 is 12.1 Å². The molecule has 19 heavy (non-hydrogen) atoms. The maximum absolute atomic E-state index is 11.9. The molecule has 0 aromatic carbocycles. The summed E-state index contributed by atoms with van der Waals surface area (Å²) < 4.78 is 15.2. The lowest BCUT2D eigenvalue weighted by atomic mass is 10.2. The van der Waals surface area contributed by atoms with Crippen LogP contribution in [0.1, 0.15) is 20.8 Å². The van der Waals surface area contributed by atoms with Crippen molar-refractivity contribution in [3.8, 4) is 0 Å². The maximum Gasteiger partial charge on any atom is 0.410 e. The summed E-state index contributed by atoms with van der Waals surface area (Å²) in [6.45, 7) is 6.72. The van der Waals surface area contributed by atoms with E-state index in [1.54, 1.807) is 11.0 Å². The van der Waals surface area contributed by atoms with E-state index in [9.17, 15) is 9.59 Å². The van der Waals surface area contributed by atoms with E-state index in [1.807, 2.05) is 20.8 Å². The second-order valence-corrected chi connectivity index (χ2v) is 5.22. The zero-order valence-electron chi connectivity index (χ0n) is 11.8. The van der Waals surface area contributed by atoms with Crippen LogP contribution in [-0.4, -0.2) is 55.5 Å². The Morgan fingerprint density at radius 3 is 2.63 bits per heavy atom. The van der Waals surface area contributed by atoms with Crippen LogP contribution in [0, 0.1) is 0 Å². The fraction of sp³-hybridized carbons (Fsp3) is 0.692. The van der Waals surface area contributed by atoms with Gasteiger partial charge in [0.1, 0.15) is 5.60 Å². The van der Waals surface area contributed by atoms with Crippen molar-refractivity contribution in [1.29, 1.82) is 0 Å². The highest BCUT2D eigenvalue weighted by molar-refractivity contribution is 5.81. The molecule has 1 heterocycles. The second-order valence-electron chi connectivity index (χ2n) is 5.22. The Hall–Kier alpha value is -1.56. The normalized spacial score (nSPS) is 20.4. The topological polar surface area (TPSA) is 65.1 Å². The molecule has 1 unspecified atom stereocenters. The van der Waals surface area contributed by atoms with Gasteiger partial charge in [0.05, 0.1) is 26.4 Å². The zero-order chi connectivity index (χ0) is 14.5. The van der Waals surface area contributed by atoms with E-state index in [0.29, 0.717) is 19.7 Å². The lowest BCUT2D eigenvalue weighted by Gasteiger charge is -2.33. The molecular formula is C13H21NO5. The van der Waals surface area contributed by atoms with Gasteiger partial charge in [0, 0.05) is 12.6 Å². The minimum absolute atomic E-state index is 0.319. The summed E-state index contributed by atoms with van der Waals surface area (Å²) in [6.07, 6.45) is 2.19. The van der Waals surface area contributed by atoms with Crippen molar-refractivity contribution in [2.75, 3.05) is 26.8 Å². The molecule has 0 aliphatic carbocycles. The van der Waals surface area contributed by atoms with Gasteiger partial charge in [-0.05, 0) is 26.8 Å². The van der Waals surface area contributed by atoms with Crippen LogP contribution in [0.3, 0.4) is 0 Å². The first-order chi connectivity index (χ1) is 8.81. The van der Waals surface area contributed by atoms with E-state index >= 15 is 0 Å². The molecule has 0 bridgehead atoms. The molecule has 1 amide bonds. The molecule has 1 atom stereocenters. The van der Waals surface area contributed by atoms with Crippen molar-refractivity contribution in [2.45, 2.75) is 32.5 Å². The number of hydrogen-bond donors (Lipinski definition) is 0. The van der Waals surface area contributed by atoms with E-state index in [-0.39, 0.29) is 12.2 Å². The molecule has 0 spiro atoms. The van der Waals surface area contributed by atoms with E-state index in [4.69, 9.17) is 9.47 Å². The molecule has 6 heteroatoms. The minimum Gasteiger partial charge on any atom is -0.466 e. The standard InChI is InChI=1S/C13H21NO5/c1-13(2,3)19-12(16)14-7-8-18-10(9-14)5-6-11(15)17-4/h5-6,10H,7-9H2,1-4H3. The number of esters is 1. The first-order valence-corrected chi connectivity index (χ1v) is 6.17. The van der Waals surface area contributed by atoms with Gasteiger partial charge in [0.15, 0.2) is 0 Å². The molecule has 0 aromatic rings. The largest absolute Gasteiger partial charge is 0.466 e. The second kappa shape index (κ2) is 6.56. The zero-order valence-corrected chi connectivity index (χ0v) is 11.8. The smallest absolute Gasteiger partial charge is 0.410 e. The van der Waals surface area contributed by atoms with E-state index in [2.05, 4.69) is 4.74 Å². The van der Waals surface area contributed by atoms with E-state index in [0.717, 1.165) is 0 Å². The molecule has 1 saturated heterocycles. The third-order valence-electron chi connectivity index (χ3n) is 2.39. The molecule has 0 N–H and O–H groups in total. The maximum atomic E-state index is 11.9. The van der Waals surface area contributed by atoms with Crippen LogP contribution in [0.4, 0.5) is 4.79 Å². The number of nitrogens with zero attached hydrogens (tertiary/aromatic N) is 1. The Labute approximate surface area is 113 Å². The van der Waals surface area contributed by atoms with Crippen LogP contribution in [0.2, 0.25) is 0 Å². The number of methoxy groups -OCH3 is 1. The van der Waals surface area contributed by atoms with Gasteiger partial charge in [0.2, 0.25) is 0 Å². The number of morpholine rings is 1. The van der Waals surface area contributed by atoms with Crippen molar-refractivity contribution in [3.63, 3.8) is 0 Å². The Balaban J connectivity index is 2.52. The van der Waals surface area contributed by atoms with Gasteiger partial charge in [-0.2, -0.15) is 0 Å². The van der Waals surface area contributed by atoms with Crippen molar-refractivity contribution < 1.29 is 23.8 Å². The molecule has 0 radical (unpaired) electrons. The summed E-state index contributed by atoms with van der Waals surface area (Å²) in [5.74, 6) is -0.446. The highest BCUT2D eigenvalue weighted by atomic mass is 16.6. The first kappa shape index (κ1) is 15.5. The Kier molecular flexibility index (Phi) is 5.35. The number of hydrogen-bond acceptors (Lipinski definition) is 5. The lowest BCUT2D eigenvalue weighted by molar-refractivity contribution is -0.134. The number of carbonyl (C=O) groups is 2. The Bertz CT molecular complexity index is 359. The molecule has 1 aliphatic heterocycles. The Morgan fingerprint density at radius 1 is 1.37 bits per heavy atom. The van der Waals surface area contributed by atoms with Crippen LogP contribution < -0.4 is 0 Å².